The van der Waals surface area contributed by atoms with Gasteiger partial charge in [0.05, 0.1) is 8.95 Å². The highest BCUT2D eigenvalue weighted by Crippen LogP contribution is 2.48. The highest BCUT2D eigenvalue weighted by molar-refractivity contribution is 9.11. The van der Waals surface area contributed by atoms with Crippen LogP contribution in [0, 0.1) is 0 Å². The van der Waals surface area contributed by atoms with Gasteiger partial charge in [-0.2, -0.15) is 13.2 Å². The molecule has 3 nitrogen and oxygen atoms in total. The van der Waals surface area contributed by atoms with Crippen molar-refractivity contribution in [2.24, 2.45) is 0 Å². The fourth-order valence-corrected chi connectivity index (χ4v) is 4.89. The van der Waals surface area contributed by atoms with Gasteiger partial charge in [-0.15, -0.1) is 12.4 Å². The number of alkyl halides is 3. The van der Waals surface area contributed by atoms with Crippen molar-refractivity contribution in [2.75, 3.05) is 26.2 Å². The Morgan fingerprint density at radius 3 is 2.18 bits per heavy atom. The van der Waals surface area contributed by atoms with Gasteiger partial charge in [0.2, 0.25) is 0 Å². The summed E-state index contributed by atoms with van der Waals surface area (Å²) in [6, 6.07) is -0.349. The van der Waals surface area contributed by atoms with Crippen LogP contribution in [0.2, 0.25) is 0 Å². The number of halogens is 7. The standard InChI is InChI=1S/C12H12Br3F3N2O.ClH/c13-6-5-7(14)10(21)9(15)8(6)11(12(16,17)18)20-3-1-19-2-4-20;/h5,11,19,21H,1-4H2;1H/t11-;/m0./s1. The van der Waals surface area contributed by atoms with E-state index in [2.05, 4.69) is 53.1 Å². The average molecular weight is 533 g/mol. The minimum absolute atomic E-state index is 0. The number of phenols is 1. The largest absolute Gasteiger partial charge is 0.506 e. The molecular formula is C12H13Br3ClF3N2O. The lowest BCUT2D eigenvalue weighted by Crippen LogP contribution is -2.49. The molecule has 1 fully saturated rings. The third-order valence-electron chi connectivity index (χ3n) is 3.28. The van der Waals surface area contributed by atoms with Crippen LogP contribution in [0.25, 0.3) is 0 Å². The van der Waals surface area contributed by atoms with E-state index < -0.39 is 12.2 Å². The molecule has 1 atom stereocenters. The van der Waals surface area contributed by atoms with Crippen molar-refractivity contribution in [3.63, 3.8) is 0 Å². The smallest absolute Gasteiger partial charge is 0.408 e. The Kier molecular flexibility index (Phi) is 7.48. The molecule has 1 heterocycles. The highest BCUT2D eigenvalue weighted by Gasteiger charge is 2.47. The molecular weight excluding hydrogens is 520 g/mol. The topological polar surface area (TPSA) is 35.5 Å². The van der Waals surface area contributed by atoms with E-state index in [1.54, 1.807) is 0 Å². The molecule has 1 saturated heterocycles. The molecule has 10 heteroatoms. The molecule has 126 valence electrons. The van der Waals surface area contributed by atoms with Crippen LogP contribution < -0.4 is 5.32 Å². The molecule has 0 spiro atoms. The molecule has 0 aliphatic carbocycles. The van der Waals surface area contributed by atoms with Crippen molar-refractivity contribution in [3.8, 4) is 5.75 Å². The molecule has 1 aliphatic rings. The van der Waals surface area contributed by atoms with E-state index in [4.69, 9.17) is 0 Å². The summed E-state index contributed by atoms with van der Waals surface area (Å²) in [5.74, 6) is -0.238. The Bertz CT molecular complexity index is 539. The maximum Gasteiger partial charge on any atom is 0.408 e. The number of nitrogens with one attached hydrogen (secondary N) is 1. The van der Waals surface area contributed by atoms with Crippen molar-refractivity contribution in [2.45, 2.75) is 12.2 Å². The summed E-state index contributed by atoms with van der Waals surface area (Å²) in [6.45, 7) is 1.59. The Hall–Kier alpha value is 0.460. The summed E-state index contributed by atoms with van der Waals surface area (Å²) in [7, 11) is 0. The van der Waals surface area contributed by atoms with E-state index in [0.29, 0.717) is 35.1 Å². The summed E-state index contributed by atoms with van der Waals surface area (Å²) < 4.78 is 41.4. The van der Waals surface area contributed by atoms with Gasteiger partial charge in [0.1, 0.15) is 11.8 Å². The molecule has 1 aromatic rings. The lowest BCUT2D eigenvalue weighted by Gasteiger charge is -2.37. The number of hydrogen-bond donors (Lipinski definition) is 2. The second-order valence-corrected chi connectivity index (χ2v) is 7.15. The molecule has 0 radical (unpaired) electrons. The second-order valence-electron chi connectivity index (χ2n) is 4.65. The van der Waals surface area contributed by atoms with Crippen molar-refractivity contribution < 1.29 is 18.3 Å². The first-order valence-corrected chi connectivity index (χ1v) is 8.49. The third kappa shape index (κ3) is 4.30. The summed E-state index contributed by atoms with van der Waals surface area (Å²) >= 11 is 9.38. The van der Waals surface area contributed by atoms with Crippen LogP contribution in [0.4, 0.5) is 13.2 Å². The van der Waals surface area contributed by atoms with E-state index >= 15 is 0 Å². The fourth-order valence-electron chi connectivity index (χ4n) is 2.34. The third-order valence-corrected chi connectivity index (χ3v) is 5.34. The van der Waals surface area contributed by atoms with Crippen LogP contribution >= 0.6 is 60.2 Å². The van der Waals surface area contributed by atoms with E-state index in [0.717, 1.165) is 0 Å². The minimum Gasteiger partial charge on any atom is -0.506 e. The van der Waals surface area contributed by atoms with Crippen molar-refractivity contribution in [3.05, 3.63) is 25.0 Å². The summed E-state index contributed by atoms with van der Waals surface area (Å²) in [5.41, 5.74) is -0.00917. The van der Waals surface area contributed by atoms with E-state index in [9.17, 15) is 18.3 Å². The molecule has 0 aromatic heterocycles. The van der Waals surface area contributed by atoms with Crippen LogP contribution in [-0.2, 0) is 0 Å². The quantitative estimate of drug-likeness (QED) is 0.583. The van der Waals surface area contributed by atoms with Gasteiger partial charge in [0.15, 0.2) is 0 Å². The number of aromatic hydroxyl groups is 1. The van der Waals surface area contributed by atoms with E-state index in [1.807, 2.05) is 0 Å². The lowest BCUT2D eigenvalue weighted by molar-refractivity contribution is -0.188. The number of nitrogens with zero attached hydrogens (tertiary/aromatic N) is 1. The number of phenolic OH excluding ortho intramolecular Hbond substituents is 1. The minimum atomic E-state index is -4.44. The molecule has 0 amide bonds. The summed E-state index contributed by atoms with van der Waals surface area (Å²) in [4.78, 5) is 1.37. The van der Waals surface area contributed by atoms with Gasteiger partial charge in [-0.25, -0.2) is 0 Å². The van der Waals surface area contributed by atoms with Crippen molar-refractivity contribution in [1.29, 1.82) is 0 Å². The van der Waals surface area contributed by atoms with E-state index in [1.165, 1.54) is 11.0 Å². The first-order chi connectivity index (χ1) is 9.73. The normalized spacial score (nSPS) is 17.9. The molecule has 2 rings (SSSR count). The molecule has 1 aromatic carbocycles. The maximum atomic E-state index is 13.6. The SMILES string of the molecule is Cl.Oc1c(Br)cc(Br)c([C@H](N2CCNCC2)C(F)(F)F)c1Br. The Balaban J connectivity index is 0.00000242. The van der Waals surface area contributed by atoms with Crippen LogP contribution in [0.15, 0.2) is 19.5 Å². The van der Waals surface area contributed by atoms with Crippen LogP contribution in [0.3, 0.4) is 0 Å². The van der Waals surface area contributed by atoms with Crippen LogP contribution in [0.1, 0.15) is 11.6 Å². The van der Waals surface area contributed by atoms with Gasteiger partial charge in [0.25, 0.3) is 0 Å². The maximum absolute atomic E-state index is 13.6. The first kappa shape index (κ1) is 20.5. The molecule has 2 N–H and O–H groups in total. The molecule has 0 saturated carbocycles. The molecule has 0 bridgehead atoms. The zero-order valence-electron chi connectivity index (χ0n) is 11.1. The van der Waals surface area contributed by atoms with E-state index in [-0.39, 0.29) is 28.2 Å². The number of hydrogen-bond acceptors (Lipinski definition) is 3. The zero-order chi connectivity index (χ0) is 15.8. The number of benzene rings is 1. The van der Waals surface area contributed by atoms with Crippen molar-refractivity contribution >= 4 is 60.2 Å². The predicted molar refractivity (Wildman–Crippen MR) is 91.7 cm³/mol. The van der Waals surface area contributed by atoms with Gasteiger partial charge in [-0.1, -0.05) is 15.9 Å². The number of rotatable bonds is 2. The van der Waals surface area contributed by atoms with Gasteiger partial charge < -0.3 is 10.4 Å². The Morgan fingerprint density at radius 1 is 1.14 bits per heavy atom. The van der Waals surface area contributed by atoms with Gasteiger partial charge in [-0.05, 0) is 37.9 Å². The predicted octanol–water partition coefficient (Wildman–Crippen LogP) is 4.61. The first-order valence-electron chi connectivity index (χ1n) is 6.11. The molecule has 1 aliphatic heterocycles. The monoisotopic (exact) mass is 530 g/mol. The Labute approximate surface area is 157 Å². The molecule has 22 heavy (non-hydrogen) atoms. The van der Waals surface area contributed by atoms with Gasteiger partial charge in [0, 0.05) is 36.2 Å². The summed E-state index contributed by atoms with van der Waals surface area (Å²) in [6.07, 6.45) is -4.44. The number of piperazine rings is 1. The summed E-state index contributed by atoms with van der Waals surface area (Å²) in [5, 5.41) is 12.9. The zero-order valence-corrected chi connectivity index (χ0v) is 16.6. The van der Waals surface area contributed by atoms with Crippen LogP contribution in [-0.4, -0.2) is 42.4 Å². The average Bonchev–Trinajstić information content (AvgIpc) is 2.40. The van der Waals surface area contributed by atoms with Crippen molar-refractivity contribution in [1.82, 2.24) is 10.2 Å². The van der Waals surface area contributed by atoms with Gasteiger partial charge >= 0.3 is 6.18 Å². The second kappa shape index (κ2) is 8.02. The highest BCUT2D eigenvalue weighted by atomic mass is 79.9. The molecule has 0 unspecified atom stereocenters. The lowest BCUT2D eigenvalue weighted by atomic mass is 10.0. The Morgan fingerprint density at radius 2 is 1.68 bits per heavy atom. The van der Waals surface area contributed by atoms with Gasteiger partial charge in [-0.3, -0.25) is 4.90 Å². The van der Waals surface area contributed by atoms with Crippen LogP contribution in [0.5, 0.6) is 5.75 Å². The fraction of sp³-hybridized carbons (Fsp3) is 0.500.